The lowest BCUT2D eigenvalue weighted by molar-refractivity contribution is -0.130. The zero-order valence-electron chi connectivity index (χ0n) is 13.7. The summed E-state index contributed by atoms with van der Waals surface area (Å²) in [4.78, 5) is 17.9. The van der Waals surface area contributed by atoms with Crippen molar-refractivity contribution >= 4 is 11.9 Å². The Kier molecular flexibility index (Phi) is 3.75. The van der Waals surface area contributed by atoms with E-state index in [0.29, 0.717) is 5.75 Å². The first-order valence-electron chi connectivity index (χ1n) is 7.45. The van der Waals surface area contributed by atoms with Gasteiger partial charge in [0.15, 0.2) is 11.5 Å². The second kappa shape index (κ2) is 5.63. The van der Waals surface area contributed by atoms with E-state index in [0.717, 1.165) is 11.1 Å². The number of ether oxygens (including phenoxy) is 1. The first kappa shape index (κ1) is 16.0. The summed E-state index contributed by atoms with van der Waals surface area (Å²) in [6, 6.07) is 12.1. The number of carbonyl (C=O) groups is 1. The van der Waals surface area contributed by atoms with Crippen LogP contribution in [0.4, 0.5) is 4.39 Å². The summed E-state index contributed by atoms with van der Waals surface area (Å²) in [7, 11) is 3.11. The molecule has 1 unspecified atom stereocenters. The molecule has 6 heteroatoms. The van der Waals surface area contributed by atoms with Crippen molar-refractivity contribution in [2.45, 2.75) is 12.5 Å². The lowest BCUT2D eigenvalue weighted by Gasteiger charge is -2.21. The van der Waals surface area contributed by atoms with Gasteiger partial charge in [-0.25, -0.2) is 9.38 Å². The summed E-state index contributed by atoms with van der Waals surface area (Å²) in [6.45, 7) is 1.57. The molecule has 0 radical (unpaired) electrons. The Bertz CT molecular complexity index is 850. The number of nitrogens with two attached hydrogens (primary N) is 1. The molecule has 3 rings (SSSR count). The number of nitrogens with zero attached hydrogens (tertiary/aromatic N) is 2. The van der Waals surface area contributed by atoms with Crippen LogP contribution < -0.4 is 10.5 Å². The Labute approximate surface area is 139 Å². The Balaban J connectivity index is 2.12. The van der Waals surface area contributed by atoms with Gasteiger partial charge in [-0.1, -0.05) is 18.2 Å². The predicted octanol–water partition coefficient (Wildman–Crippen LogP) is 2.50. The Morgan fingerprint density at radius 2 is 1.92 bits per heavy atom. The van der Waals surface area contributed by atoms with Crippen LogP contribution in [0.3, 0.4) is 0 Å². The molecule has 0 bridgehead atoms. The summed E-state index contributed by atoms with van der Waals surface area (Å²) in [6.07, 6.45) is 0. The fourth-order valence-corrected chi connectivity index (χ4v) is 2.84. The first-order valence-corrected chi connectivity index (χ1v) is 7.45. The van der Waals surface area contributed by atoms with E-state index in [2.05, 4.69) is 4.99 Å². The molecule has 24 heavy (non-hydrogen) atoms. The SMILES string of the molecule is COc1cccc(-c2ccc(F)c(C3(C)N=C(N)N(C)C3=O)c2)c1. The number of halogens is 1. The number of rotatable bonds is 3. The molecule has 0 saturated heterocycles. The molecule has 1 atom stereocenters. The monoisotopic (exact) mass is 327 g/mol. The molecule has 2 aromatic carbocycles. The highest BCUT2D eigenvalue weighted by molar-refractivity contribution is 6.06. The van der Waals surface area contributed by atoms with Crippen LogP contribution in [0.15, 0.2) is 47.5 Å². The number of aliphatic imine (C=N–C) groups is 1. The van der Waals surface area contributed by atoms with Gasteiger partial charge in [0.25, 0.3) is 5.91 Å². The molecule has 0 spiro atoms. The molecule has 0 aliphatic carbocycles. The Morgan fingerprint density at radius 3 is 2.54 bits per heavy atom. The smallest absolute Gasteiger partial charge is 0.261 e. The summed E-state index contributed by atoms with van der Waals surface area (Å²) in [5.41, 5.74) is 6.19. The van der Waals surface area contributed by atoms with Crippen molar-refractivity contribution in [1.82, 2.24) is 4.90 Å². The molecule has 0 saturated carbocycles. The summed E-state index contributed by atoms with van der Waals surface area (Å²) >= 11 is 0. The molecule has 124 valence electrons. The lowest BCUT2D eigenvalue weighted by atomic mass is 9.89. The number of carbonyl (C=O) groups excluding carboxylic acids is 1. The van der Waals surface area contributed by atoms with Crippen LogP contribution in [0.1, 0.15) is 12.5 Å². The van der Waals surface area contributed by atoms with Crippen molar-refractivity contribution in [3.8, 4) is 16.9 Å². The van der Waals surface area contributed by atoms with Crippen LogP contribution in [-0.4, -0.2) is 30.9 Å². The second-order valence-corrected chi connectivity index (χ2v) is 5.83. The van der Waals surface area contributed by atoms with E-state index in [1.807, 2.05) is 24.3 Å². The van der Waals surface area contributed by atoms with E-state index >= 15 is 0 Å². The third-order valence-corrected chi connectivity index (χ3v) is 4.30. The van der Waals surface area contributed by atoms with E-state index in [9.17, 15) is 9.18 Å². The van der Waals surface area contributed by atoms with Crippen molar-refractivity contribution in [3.63, 3.8) is 0 Å². The lowest BCUT2D eigenvalue weighted by Crippen LogP contribution is -2.39. The molecule has 2 N–H and O–H groups in total. The van der Waals surface area contributed by atoms with Gasteiger partial charge in [0.1, 0.15) is 11.6 Å². The molecular formula is C18H18FN3O2. The number of benzene rings is 2. The number of amides is 1. The molecule has 1 aliphatic rings. The summed E-state index contributed by atoms with van der Waals surface area (Å²) < 4.78 is 19.7. The minimum Gasteiger partial charge on any atom is -0.497 e. The fraction of sp³-hybridized carbons (Fsp3) is 0.222. The van der Waals surface area contributed by atoms with Gasteiger partial charge in [-0.3, -0.25) is 9.69 Å². The van der Waals surface area contributed by atoms with Gasteiger partial charge < -0.3 is 10.5 Å². The fourth-order valence-electron chi connectivity index (χ4n) is 2.84. The van der Waals surface area contributed by atoms with E-state index in [1.165, 1.54) is 18.0 Å². The third-order valence-electron chi connectivity index (χ3n) is 4.30. The summed E-state index contributed by atoms with van der Waals surface area (Å²) in [5, 5.41) is 0. The highest BCUT2D eigenvalue weighted by atomic mass is 19.1. The van der Waals surface area contributed by atoms with Crippen LogP contribution >= 0.6 is 0 Å². The van der Waals surface area contributed by atoms with Crippen molar-refractivity contribution in [2.75, 3.05) is 14.2 Å². The van der Waals surface area contributed by atoms with Gasteiger partial charge in [0, 0.05) is 12.6 Å². The van der Waals surface area contributed by atoms with E-state index in [1.54, 1.807) is 26.2 Å². The average molecular weight is 327 g/mol. The van der Waals surface area contributed by atoms with Gasteiger partial charge in [-0.05, 0) is 42.3 Å². The van der Waals surface area contributed by atoms with Crippen LogP contribution in [0.5, 0.6) is 5.75 Å². The molecule has 0 aromatic heterocycles. The number of guanidine groups is 1. The topological polar surface area (TPSA) is 67.9 Å². The molecule has 1 aliphatic heterocycles. The van der Waals surface area contributed by atoms with Crippen LogP contribution in [0, 0.1) is 5.82 Å². The normalized spacial score (nSPS) is 20.2. The maximum absolute atomic E-state index is 14.4. The minimum absolute atomic E-state index is 0.0775. The predicted molar refractivity (Wildman–Crippen MR) is 90.1 cm³/mol. The van der Waals surface area contributed by atoms with Crippen LogP contribution in [-0.2, 0) is 10.3 Å². The average Bonchev–Trinajstić information content (AvgIpc) is 2.79. The Hall–Kier alpha value is -2.89. The zero-order chi connectivity index (χ0) is 17.5. The standard InChI is InChI=1S/C18H18FN3O2/c1-18(16(23)22(2)17(20)21-18)14-10-12(7-8-15(14)19)11-5-4-6-13(9-11)24-3/h4-10H,1-3H3,(H2,20,21). The number of hydrogen-bond donors (Lipinski definition) is 1. The van der Waals surface area contributed by atoms with E-state index in [4.69, 9.17) is 10.5 Å². The molecular weight excluding hydrogens is 309 g/mol. The number of likely N-dealkylation sites (N-methyl/N-ethyl adjacent to an activating group) is 1. The maximum atomic E-state index is 14.4. The van der Waals surface area contributed by atoms with Crippen LogP contribution in [0.25, 0.3) is 11.1 Å². The van der Waals surface area contributed by atoms with Crippen molar-refractivity contribution in [1.29, 1.82) is 0 Å². The third kappa shape index (κ3) is 2.40. The highest BCUT2D eigenvalue weighted by Crippen LogP contribution is 2.36. The first-order chi connectivity index (χ1) is 11.4. The zero-order valence-corrected chi connectivity index (χ0v) is 13.7. The van der Waals surface area contributed by atoms with Gasteiger partial charge in [0.2, 0.25) is 0 Å². The maximum Gasteiger partial charge on any atom is 0.261 e. The van der Waals surface area contributed by atoms with Crippen molar-refractivity contribution in [3.05, 3.63) is 53.8 Å². The van der Waals surface area contributed by atoms with Crippen LogP contribution in [0.2, 0.25) is 0 Å². The Morgan fingerprint density at radius 1 is 1.21 bits per heavy atom. The van der Waals surface area contributed by atoms with Gasteiger partial charge in [0.05, 0.1) is 7.11 Å². The van der Waals surface area contributed by atoms with Gasteiger partial charge in [-0.2, -0.15) is 0 Å². The van der Waals surface area contributed by atoms with Crippen molar-refractivity contribution < 1.29 is 13.9 Å². The number of hydrogen-bond acceptors (Lipinski definition) is 4. The van der Waals surface area contributed by atoms with Crippen molar-refractivity contribution in [2.24, 2.45) is 10.7 Å². The molecule has 0 fully saturated rings. The molecule has 5 nitrogen and oxygen atoms in total. The molecule has 1 heterocycles. The van der Waals surface area contributed by atoms with Gasteiger partial charge >= 0.3 is 0 Å². The highest BCUT2D eigenvalue weighted by Gasteiger charge is 2.45. The van der Waals surface area contributed by atoms with E-state index < -0.39 is 11.4 Å². The summed E-state index contributed by atoms with van der Waals surface area (Å²) in [5.74, 6) is -0.0803. The second-order valence-electron chi connectivity index (χ2n) is 5.83. The minimum atomic E-state index is -1.36. The molecule has 1 amide bonds. The molecule has 2 aromatic rings. The van der Waals surface area contributed by atoms with E-state index in [-0.39, 0.29) is 17.4 Å². The number of methoxy groups -OCH3 is 1. The quantitative estimate of drug-likeness (QED) is 0.942. The van der Waals surface area contributed by atoms with Gasteiger partial charge in [-0.15, -0.1) is 0 Å². The largest absolute Gasteiger partial charge is 0.497 e.